The van der Waals surface area contributed by atoms with Gasteiger partial charge >= 0.3 is 5.30 Å². The lowest BCUT2D eigenvalue weighted by Gasteiger charge is -1.98. The number of ether oxygens (including phenoxy) is 1. The second-order valence-corrected chi connectivity index (χ2v) is 2.49. The molecule has 2 nitrogen and oxygen atoms in total. The molecule has 0 rings (SSSR count). The smallest absolute Gasteiger partial charge is 0.400 e. The molecular weight excluding hydrogens is 148 g/mol. The first-order chi connectivity index (χ1) is 4.77. The zero-order valence-electron chi connectivity index (χ0n) is 6.26. The van der Waals surface area contributed by atoms with Crippen LogP contribution in [0.5, 0.6) is 0 Å². The molecule has 1 radical (unpaired) electrons. The SMILES string of the molecule is CCCCCCOC(=O)[S]. The number of rotatable bonds is 5. The highest BCUT2D eigenvalue weighted by molar-refractivity contribution is 7.96. The molecule has 0 fully saturated rings. The zero-order chi connectivity index (χ0) is 7.82. The minimum atomic E-state index is -0.587. The third kappa shape index (κ3) is 7.69. The molecule has 0 aromatic rings. The van der Waals surface area contributed by atoms with Gasteiger partial charge in [-0.1, -0.05) is 26.2 Å². The summed E-state index contributed by atoms with van der Waals surface area (Å²) in [5, 5.41) is -0.587. The van der Waals surface area contributed by atoms with Gasteiger partial charge in [-0.15, -0.1) is 0 Å². The first-order valence-corrected chi connectivity index (χ1v) is 4.02. The van der Waals surface area contributed by atoms with Gasteiger partial charge in [-0.05, 0) is 6.42 Å². The number of hydrogen-bond donors (Lipinski definition) is 0. The largest absolute Gasteiger partial charge is 0.454 e. The quantitative estimate of drug-likeness (QED) is 0.458. The highest BCUT2D eigenvalue weighted by Crippen LogP contribution is 1.99. The minimum absolute atomic E-state index is 0.488. The van der Waals surface area contributed by atoms with Crippen LogP contribution in [0.4, 0.5) is 4.79 Å². The Morgan fingerprint density at radius 1 is 1.40 bits per heavy atom. The van der Waals surface area contributed by atoms with Crippen molar-refractivity contribution >= 4 is 17.9 Å². The number of carbonyl (C=O) groups is 1. The van der Waals surface area contributed by atoms with Gasteiger partial charge in [0.2, 0.25) is 0 Å². The Morgan fingerprint density at radius 2 is 2.10 bits per heavy atom. The summed E-state index contributed by atoms with van der Waals surface area (Å²) in [5.74, 6) is 0. The highest BCUT2D eigenvalue weighted by Gasteiger charge is 1.93. The summed E-state index contributed by atoms with van der Waals surface area (Å²) in [6.45, 7) is 2.63. The summed E-state index contributed by atoms with van der Waals surface area (Å²) in [5.41, 5.74) is 0. The van der Waals surface area contributed by atoms with Crippen LogP contribution < -0.4 is 0 Å². The first kappa shape index (κ1) is 9.69. The molecule has 0 aliphatic heterocycles. The van der Waals surface area contributed by atoms with E-state index in [-0.39, 0.29) is 0 Å². The van der Waals surface area contributed by atoms with E-state index in [1.165, 1.54) is 12.8 Å². The van der Waals surface area contributed by atoms with Crippen molar-refractivity contribution in [2.45, 2.75) is 32.6 Å². The fourth-order valence-electron chi connectivity index (χ4n) is 0.684. The van der Waals surface area contributed by atoms with Gasteiger partial charge in [-0.2, -0.15) is 0 Å². The third-order valence-corrected chi connectivity index (χ3v) is 1.34. The predicted molar refractivity (Wildman–Crippen MR) is 43.1 cm³/mol. The molecule has 0 aromatic carbocycles. The molecule has 0 atom stereocenters. The monoisotopic (exact) mass is 161 g/mol. The van der Waals surface area contributed by atoms with E-state index in [9.17, 15) is 4.79 Å². The van der Waals surface area contributed by atoms with Crippen molar-refractivity contribution in [1.82, 2.24) is 0 Å². The molecular formula is C7H13O2S. The minimum Gasteiger partial charge on any atom is -0.454 e. The van der Waals surface area contributed by atoms with Gasteiger partial charge in [0.1, 0.15) is 0 Å². The van der Waals surface area contributed by atoms with Crippen LogP contribution in [0.2, 0.25) is 0 Å². The maximum Gasteiger partial charge on any atom is 0.400 e. The lowest BCUT2D eigenvalue weighted by molar-refractivity contribution is 0.173. The van der Waals surface area contributed by atoms with Crippen LogP contribution in [0.15, 0.2) is 0 Å². The Kier molecular flexibility index (Phi) is 6.59. The summed E-state index contributed by atoms with van der Waals surface area (Å²) in [7, 11) is 0. The lowest BCUT2D eigenvalue weighted by atomic mass is 10.2. The van der Waals surface area contributed by atoms with Gasteiger partial charge < -0.3 is 4.74 Å². The molecule has 3 heteroatoms. The van der Waals surface area contributed by atoms with Crippen molar-refractivity contribution in [3.63, 3.8) is 0 Å². The van der Waals surface area contributed by atoms with E-state index in [0.717, 1.165) is 12.8 Å². The van der Waals surface area contributed by atoms with Crippen LogP contribution in [0.25, 0.3) is 0 Å². The Morgan fingerprint density at radius 3 is 2.60 bits per heavy atom. The van der Waals surface area contributed by atoms with Gasteiger partial charge in [0.25, 0.3) is 0 Å². The molecule has 0 saturated heterocycles. The second kappa shape index (κ2) is 6.81. The van der Waals surface area contributed by atoms with Crippen molar-refractivity contribution in [2.24, 2.45) is 0 Å². The van der Waals surface area contributed by atoms with Gasteiger partial charge in [0.15, 0.2) is 0 Å². The van der Waals surface area contributed by atoms with E-state index < -0.39 is 5.30 Å². The summed E-state index contributed by atoms with van der Waals surface area (Å²) in [6.07, 6.45) is 4.46. The standard InChI is InChI=1S/C7H13O2S/c1-2-3-4-5-6-9-7(8)10/h2-6H2,1H3. The van der Waals surface area contributed by atoms with Crippen LogP contribution in [-0.4, -0.2) is 11.9 Å². The first-order valence-electron chi connectivity index (χ1n) is 3.61. The average Bonchev–Trinajstić information content (AvgIpc) is 1.87. The predicted octanol–water partition coefficient (Wildman–Crippen LogP) is 2.90. The van der Waals surface area contributed by atoms with E-state index in [1.54, 1.807) is 0 Å². The Labute approximate surface area is 67.4 Å². The number of carbonyl (C=O) groups excluding carboxylic acids is 1. The van der Waals surface area contributed by atoms with Crippen LogP contribution >= 0.6 is 12.6 Å². The van der Waals surface area contributed by atoms with E-state index in [2.05, 4.69) is 24.3 Å². The summed E-state index contributed by atoms with van der Waals surface area (Å²) < 4.78 is 4.56. The molecule has 0 bridgehead atoms. The van der Waals surface area contributed by atoms with E-state index in [0.29, 0.717) is 6.61 Å². The molecule has 0 heterocycles. The zero-order valence-corrected chi connectivity index (χ0v) is 7.08. The van der Waals surface area contributed by atoms with Crippen molar-refractivity contribution in [3.05, 3.63) is 0 Å². The van der Waals surface area contributed by atoms with Crippen LogP contribution in [-0.2, 0) is 4.74 Å². The molecule has 0 saturated carbocycles. The van der Waals surface area contributed by atoms with Gasteiger partial charge in [0, 0.05) is 12.6 Å². The Hall–Kier alpha value is -0.310. The number of unbranched alkanes of at least 4 members (excludes halogenated alkanes) is 3. The van der Waals surface area contributed by atoms with Crippen molar-refractivity contribution in [1.29, 1.82) is 0 Å². The van der Waals surface area contributed by atoms with E-state index in [1.807, 2.05) is 0 Å². The highest BCUT2D eigenvalue weighted by atomic mass is 32.1. The van der Waals surface area contributed by atoms with Crippen molar-refractivity contribution < 1.29 is 9.53 Å². The molecule has 0 aromatic heterocycles. The van der Waals surface area contributed by atoms with Crippen molar-refractivity contribution in [2.75, 3.05) is 6.61 Å². The van der Waals surface area contributed by atoms with Gasteiger partial charge in [-0.25, -0.2) is 4.79 Å². The fourth-order valence-corrected chi connectivity index (χ4v) is 0.768. The summed E-state index contributed by atoms with van der Waals surface area (Å²) in [4.78, 5) is 10.1. The van der Waals surface area contributed by atoms with Crippen LogP contribution in [0, 0.1) is 0 Å². The fraction of sp³-hybridized carbons (Fsp3) is 0.857. The van der Waals surface area contributed by atoms with Crippen molar-refractivity contribution in [3.8, 4) is 0 Å². The summed E-state index contributed by atoms with van der Waals surface area (Å²) >= 11 is 4.20. The second-order valence-electron chi connectivity index (χ2n) is 2.16. The number of hydrogen-bond acceptors (Lipinski definition) is 2. The molecule has 59 valence electrons. The molecule has 0 unspecified atom stereocenters. The normalized spacial score (nSPS) is 9.30. The Bertz CT molecular complexity index is 93.6. The molecule has 0 aliphatic rings. The maximum absolute atomic E-state index is 10.1. The van der Waals surface area contributed by atoms with Crippen LogP contribution in [0.1, 0.15) is 32.6 Å². The molecule has 0 N–H and O–H groups in total. The van der Waals surface area contributed by atoms with E-state index in [4.69, 9.17) is 0 Å². The lowest BCUT2D eigenvalue weighted by Crippen LogP contribution is -1.95. The van der Waals surface area contributed by atoms with Gasteiger partial charge in [-0.3, -0.25) is 0 Å². The van der Waals surface area contributed by atoms with E-state index >= 15 is 0 Å². The Balaban J connectivity index is 2.84. The topological polar surface area (TPSA) is 26.3 Å². The van der Waals surface area contributed by atoms with Gasteiger partial charge in [0.05, 0.1) is 6.61 Å². The van der Waals surface area contributed by atoms with Crippen LogP contribution in [0.3, 0.4) is 0 Å². The summed E-state index contributed by atoms with van der Waals surface area (Å²) in [6, 6.07) is 0. The molecule has 0 amide bonds. The molecule has 0 aliphatic carbocycles. The molecule has 0 spiro atoms. The molecule has 10 heavy (non-hydrogen) atoms. The maximum atomic E-state index is 10.1. The third-order valence-electron chi connectivity index (χ3n) is 1.22. The average molecular weight is 161 g/mol.